The predicted molar refractivity (Wildman–Crippen MR) is 70.3 cm³/mol. The first kappa shape index (κ1) is 13.3. The third kappa shape index (κ3) is 4.54. The van der Waals surface area contributed by atoms with Crippen LogP contribution >= 0.6 is 0 Å². The zero-order valence-corrected chi connectivity index (χ0v) is 11.1. The molecule has 100 valence electrons. The van der Waals surface area contributed by atoms with Crippen LogP contribution in [0.5, 0.6) is 0 Å². The molecule has 0 spiro atoms. The van der Waals surface area contributed by atoms with Crippen LogP contribution in [0.2, 0.25) is 0 Å². The molecule has 2 rings (SSSR count). The molecule has 0 aromatic heterocycles. The maximum Gasteiger partial charge on any atom is 0.0509 e. The van der Waals surface area contributed by atoms with Crippen LogP contribution in [0.1, 0.15) is 19.8 Å². The number of ether oxygens (including phenoxy) is 1. The molecular weight excluding hydrogens is 214 g/mol. The zero-order chi connectivity index (χ0) is 11.9. The molecule has 0 radical (unpaired) electrons. The van der Waals surface area contributed by atoms with Crippen molar-refractivity contribution in [1.29, 1.82) is 0 Å². The third-order valence-electron chi connectivity index (χ3n) is 4.00. The average molecular weight is 241 g/mol. The van der Waals surface area contributed by atoms with Gasteiger partial charge in [-0.05, 0) is 38.8 Å². The molecule has 2 aliphatic rings. The van der Waals surface area contributed by atoms with Crippen molar-refractivity contribution in [2.75, 3.05) is 52.5 Å². The van der Waals surface area contributed by atoms with Gasteiger partial charge >= 0.3 is 0 Å². The molecule has 2 unspecified atom stereocenters. The number of nitrogens with zero attached hydrogens (tertiary/aromatic N) is 1. The molecular formula is C13H27N3O. The summed E-state index contributed by atoms with van der Waals surface area (Å²) >= 11 is 0. The Kier molecular flexibility index (Phi) is 5.71. The van der Waals surface area contributed by atoms with Crippen molar-refractivity contribution in [1.82, 2.24) is 15.5 Å². The second-order valence-electron chi connectivity index (χ2n) is 5.31. The maximum absolute atomic E-state index is 5.43. The second kappa shape index (κ2) is 7.31. The van der Waals surface area contributed by atoms with Crippen LogP contribution < -0.4 is 10.6 Å². The Morgan fingerprint density at radius 1 is 1.41 bits per heavy atom. The van der Waals surface area contributed by atoms with Crippen molar-refractivity contribution in [3.63, 3.8) is 0 Å². The van der Waals surface area contributed by atoms with Gasteiger partial charge in [-0.1, -0.05) is 0 Å². The van der Waals surface area contributed by atoms with Crippen LogP contribution in [0.15, 0.2) is 0 Å². The summed E-state index contributed by atoms with van der Waals surface area (Å²) in [6.45, 7) is 11.3. The lowest BCUT2D eigenvalue weighted by atomic mass is 10.0. The molecule has 2 atom stereocenters. The molecule has 0 aliphatic carbocycles. The Hall–Kier alpha value is -0.160. The molecule has 2 saturated heterocycles. The quantitative estimate of drug-likeness (QED) is 0.726. The van der Waals surface area contributed by atoms with Gasteiger partial charge in [-0.3, -0.25) is 0 Å². The van der Waals surface area contributed by atoms with Crippen LogP contribution in [-0.4, -0.2) is 63.4 Å². The normalized spacial score (nSPS) is 29.1. The smallest absolute Gasteiger partial charge is 0.0509 e. The largest absolute Gasteiger partial charge is 0.381 e. The van der Waals surface area contributed by atoms with Crippen molar-refractivity contribution in [3.8, 4) is 0 Å². The van der Waals surface area contributed by atoms with E-state index in [2.05, 4.69) is 22.5 Å². The minimum Gasteiger partial charge on any atom is -0.381 e. The van der Waals surface area contributed by atoms with E-state index in [4.69, 9.17) is 4.74 Å². The molecule has 0 bridgehead atoms. The summed E-state index contributed by atoms with van der Waals surface area (Å²) in [7, 11) is 0. The van der Waals surface area contributed by atoms with Gasteiger partial charge in [0.2, 0.25) is 0 Å². The fourth-order valence-corrected chi connectivity index (χ4v) is 2.69. The summed E-state index contributed by atoms with van der Waals surface area (Å²) < 4.78 is 5.43. The lowest BCUT2D eigenvalue weighted by molar-refractivity contribution is 0.177. The summed E-state index contributed by atoms with van der Waals surface area (Å²) in [4.78, 5) is 2.56. The standard InChI is InChI=1S/C13H27N3O/c1-12(13-3-10-17-11-13)15-6-9-16-7-2-4-14-5-8-16/h12-15H,2-11H2,1H3. The first-order valence-electron chi connectivity index (χ1n) is 7.10. The minimum absolute atomic E-state index is 0.600. The van der Waals surface area contributed by atoms with Crippen molar-refractivity contribution in [3.05, 3.63) is 0 Å². The first-order chi connectivity index (χ1) is 8.36. The SMILES string of the molecule is CC(NCCN1CCCNCC1)C1CCOC1. The molecule has 2 aliphatic heterocycles. The van der Waals surface area contributed by atoms with Gasteiger partial charge in [-0.15, -0.1) is 0 Å². The van der Waals surface area contributed by atoms with Crippen molar-refractivity contribution in [2.24, 2.45) is 5.92 Å². The highest BCUT2D eigenvalue weighted by Gasteiger charge is 2.21. The number of hydrogen-bond acceptors (Lipinski definition) is 4. The van der Waals surface area contributed by atoms with Gasteiger partial charge < -0.3 is 20.3 Å². The summed E-state index contributed by atoms with van der Waals surface area (Å²) in [6, 6.07) is 0.600. The van der Waals surface area contributed by atoms with Crippen molar-refractivity contribution >= 4 is 0 Å². The Morgan fingerprint density at radius 2 is 2.35 bits per heavy atom. The molecule has 2 N–H and O–H groups in total. The lowest BCUT2D eigenvalue weighted by Crippen LogP contribution is -2.40. The van der Waals surface area contributed by atoms with Gasteiger partial charge in [0.05, 0.1) is 6.61 Å². The summed E-state index contributed by atoms with van der Waals surface area (Å²) in [6.07, 6.45) is 2.51. The summed E-state index contributed by atoms with van der Waals surface area (Å²) in [5.74, 6) is 0.723. The van der Waals surface area contributed by atoms with Gasteiger partial charge in [0, 0.05) is 38.8 Å². The maximum atomic E-state index is 5.43. The topological polar surface area (TPSA) is 36.5 Å². The van der Waals surface area contributed by atoms with E-state index in [1.165, 1.54) is 39.0 Å². The van der Waals surface area contributed by atoms with E-state index in [-0.39, 0.29) is 0 Å². The van der Waals surface area contributed by atoms with E-state index in [0.717, 1.165) is 32.2 Å². The summed E-state index contributed by atoms with van der Waals surface area (Å²) in [5, 5.41) is 7.09. The molecule has 0 aromatic rings. The number of nitrogens with one attached hydrogen (secondary N) is 2. The molecule has 17 heavy (non-hydrogen) atoms. The zero-order valence-electron chi connectivity index (χ0n) is 11.1. The average Bonchev–Trinajstić information content (AvgIpc) is 2.75. The van der Waals surface area contributed by atoms with Crippen molar-refractivity contribution < 1.29 is 4.74 Å². The van der Waals surface area contributed by atoms with E-state index in [9.17, 15) is 0 Å². The third-order valence-corrected chi connectivity index (χ3v) is 4.00. The van der Waals surface area contributed by atoms with Gasteiger partial charge in [-0.2, -0.15) is 0 Å². The van der Waals surface area contributed by atoms with Crippen LogP contribution in [0.3, 0.4) is 0 Å². The van der Waals surface area contributed by atoms with Gasteiger partial charge in [0.25, 0.3) is 0 Å². The minimum atomic E-state index is 0.600. The van der Waals surface area contributed by atoms with Gasteiger partial charge in [0.15, 0.2) is 0 Å². The van der Waals surface area contributed by atoms with E-state index in [1.807, 2.05) is 0 Å². The van der Waals surface area contributed by atoms with E-state index >= 15 is 0 Å². The molecule has 0 aromatic carbocycles. The molecule has 2 heterocycles. The second-order valence-corrected chi connectivity index (χ2v) is 5.31. The summed E-state index contributed by atoms with van der Waals surface area (Å²) in [5.41, 5.74) is 0. The number of rotatable bonds is 5. The number of hydrogen-bond donors (Lipinski definition) is 2. The molecule has 2 fully saturated rings. The van der Waals surface area contributed by atoms with Crippen LogP contribution in [0, 0.1) is 5.92 Å². The fourth-order valence-electron chi connectivity index (χ4n) is 2.69. The van der Waals surface area contributed by atoms with E-state index in [0.29, 0.717) is 6.04 Å². The van der Waals surface area contributed by atoms with E-state index in [1.54, 1.807) is 0 Å². The lowest BCUT2D eigenvalue weighted by Gasteiger charge is -2.23. The molecule has 4 heteroatoms. The van der Waals surface area contributed by atoms with Crippen molar-refractivity contribution in [2.45, 2.75) is 25.8 Å². The van der Waals surface area contributed by atoms with Gasteiger partial charge in [0.1, 0.15) is 0 Å². The Bertz CT molecular complexity index is 197. The molecule has 0 saturated carbocycles. The molecule has 0 amide bonds. The monoisotopic (exact) mass is 241 g/mol. The highest BCUT2D eigenvalue weighted by molar-refractivity contribution is 4.76. The van der Waals surface area contributed by atoms with Gasteiger partial charge in [-0.25, -0.2) is 0 Å². The highest BCUT2D eigenvalue weighted by Crippen LogP contribution is 2.15. The first-order valence-corrected chi connectivity index (χ1v) is 7.10. The van der Waals surface area contributed by atoms with Crippen LogP contribution in [-0.2, 0) is 4.74 Å². The van der Waals surface area contributed by atoms with Crippen LogP contribution in [0.25, 0.3) is 0 Å². The van der Waals surface area contributed by atoms with Crippen LogP contribution in [0.4, 0.5) is 0 Å². The predicted octanol–water partition coefficient (Wildman–Crippen LogP) is 0.296. The Morgan fingerprint density at radius 3 is 3.18 bits per heavy atom. The van der Waals surface area contributed by atoms with E-state index < -0.39 is 0 Å². The highest BCUT2D eigenvalue weighted by atomic mass is 16.5. The Balaban J connectivity index is 1.57. The fraction of sp³-hybridized carbons (Fsp3) is 1.00. The Labute approximate surface area is 105 Å². The molecule has 4 nitrogen and oxygen atoms in total.